The van der Waals surface area contributed by atoms with Gasteiger partial charge in [-0.05, 0) is 49.8 Å². The number of carbonyl (C=O) groups excluding carboxylic acids is 1. The second-order valence-corrected chi connectivity index (χ2v) is 5.18. The highest BCUT2D eigenvalue weighted by Gasteiger charge is 2.14. The number of aromatic nitrogens is 4. The monoisotopic (exact) mass is 286 g/mol. The number of rotatable bonds is 1. The predicted molar refractivity (Wildman–Crippen MR) is 80.0 cm³/mol. The predicted octanol–water partition coefficient (Wildman–Crippen LogP) is 3.16. The van der Waals surface area contributed by atoms with Crippen molar-refractivity contribution < 1.29 is 4.79 Å². The lowest BCUT2D eigenvalue weighted by molar-refractivity contribution is 0.0939. The van der Waals surface area contributed by atoms with Crippen LogP contribution in [0.3, 0.4) is 0 Å². The minimum Gasteiger partial charge on any atom is -0.284 e. The summed E-state index contributed by atoms with van der Waals surface area (Å²) in [4.78, 5) is 11.8. The number of hydrogen-bond donors (Lipinski definition) is 1. The summed E-state index contributed by atoms with van der Waals surface area (Å²) in [5, 5.41) is 7.71. The van der Waals surface area contributed by atoms with E-state index in [1.54, 1.807) is 22.4 Å². The molecule has 0 atom stereocenters. The minimum absolute atomic E-state index is 0.0215. The first-order valence-corrected chi connectivity index (χ1v) is 6.66. The molecular formula is C14H14N4OS. The zero-order chi connectivity index (χ0) is 14.4. The summed E-state index contributed by atoms with van der Waals surface area (Å²) in [6.45, 7) is 5.56. The van der Waals surface area contributed by atoms with Gasteiger partial charge in [-0.3, -0.25) is 19.0 Å². The number of benzene rings is 1. The third kappa shape index (κ3) is 1.72. The third-order valence-electron chi connectivity index (χ3n) is 3.65. The van der Waals surface area contributed by atoms with Gasteiger partial charge in [0.1, 0.15) is 6.33 Å². The van der Waals surface area contributed by atoms with Gasteiger partial charge in [0.05, 0.1) is 11.2 Å². The fourth-order valence-electron chi connectivity index (χ4n) is 2.55. The van der Waals surface area contributed by atoms with Crippen molar-refractivity contribution in [3.8, 4) is 5.69 Å². The molecule has 6 heteroatoms. The third-order valence-corrected chi connectivity index (χ3v) is 3.94. The van der Waals surface area contributed by atoms with Crippen LogP contribution in [0, 0.1) is 18.6 Å². The maximum atomic E-state index is 11.8. The van der Waals surface area contributed by atoms with Crippen molar-refractivity contribution >= 4 is 29.0 Å². The lowest BCUT2D eigenvalue weighted by Crippen LogP contribution is -2.07. The van der Waals surface area contributed by atoms with Gasteiger partial charge in [-0.25, -0.2) is 0 Å². The zero-order valence-corrected chi connectivity index (χ0v) is 12.3. The molecule has 0 aliphatic heterocycles. The number of fused-ring (bicyclic) bond motifs is 1. The van der Waals surface area contributed by atoms with E-state index in [1.807, 2.05) is 32.0 Å². The Morgan fingerprint density at radius 2 is 2.10 bits per heavy atom. The van der Waals surface area contributed by atoms with Crippen LogP contribution in [0.2, 0.25) is 0 Å². The van der Waals surface area contributed by atoms with Crippen molar-refractivity contribution in [3.63, 3.8) is 0 Å². The average molecular weight is 286 g/mol. The highest BCUT2D eigenvalue weighted by Crippen LogP contribution is 2.27. The molecule has 5 nitrogen and oxygen atoms in total. The molecule has 1 N–H and O–H groups in total. The van der Waals surface area contributed by atoms with Crippen molar-refractivity contribution in [1.29, 1.82) is 0 Å². The number of nitrogens with one attached hydrogen (secondary N) is 1. The molecule has 102 valence electrons. The summed E-state index contributed by atoms with van der Waals surface area (Å²) in [6, 6.07) is 5.91. The van der Waals surface area contributed by atoms with Crippen molar-refractivity contribution in [2.45, 2.75) is 20.8 Å². The average Bonchev–Trinajstić information content (AvgIpc) is 2.93. The lowest BCUT2D eigenvalue weighted by atomic mass is 10.1. The molecule has 0 unspecified atom stereocenters. The van der Waals surface area contributed by atoms with Gasteiger partial charge >= 0.3 is 0 Å². The van der Waals surface area contributed by atoms with E-state index in [9.17, 15) is 4.79 Å². The molecule has 2 aromatic heterocycles. The second kappa shape index (κ2) is 4.42. The van der Waals surface area contributed by atoms with E-state index in [0.717, 1.165) is 27.8 Å². The molecule has 0 spiro atoms. The van der Waals surface area contributed by atoms with Gasteiger partial charge in [-0.15, -0.1) is 0 Å². The Hall–Kier alpha value is -2.21. The van der Waals surface area contributed by atoms with Crippen LogP contribution < -0.4 is 0 Å². The number of hydrogen-bond acceptors (Lipinski definition) is 3. The van der Waals surface area contributed by atoms with E-state index in [-0.39, 0.29) is 5.91 Å². The van der Waals surface area contributed by atoms with E-state index in [1.165, 1.54) is 0 Å². The van der Waals surface area contributed by atoms with E-state index in [4.69, 9.17) is 12.2 Å². The van der Waals surface area contributed by atoms with Gasteiger partial charge in [0.2, 0.25) is 5.91 Å². The molecule has 0 saturated heterocycles. The topological polar surface area (TPSA) is 55.6 Å². The summed E-state index contributed by atoms with van der Waals surface area (Å²) in [7, 11) is 0. The molecule has 0 bridgehead atoms. The maximum absolute atomic E-state index is 11.8. The van der Waals surface area contributed by atoms with Crippen molar-refractivity contribution in [3.05, 3.63) is 40.6 Å². The van der Waals surface area contributed by atoms with Crippen LogP contribution in [0.25, 0.3) is 16.6 Å². The van der Waals surface area contributed by atoms with E-state index >= 15 is 0 Å². The van der Waals surface area contributed by atoms with Crippen LogP contribution in [0.15, 0.2) is 24.5 Å². The number of carbonyl (C=O) groups is 1. The first kappa shape index (κ1) is 12.8. The number of H-pyrrole nitrogens is 1. The normalized spacial score (nSPS) is 11.2. The Bertz CT molecular complexity index is 884. The van der Waals surface area contributed by atoms with Crippen molar-refractivity contribution in [2.75, 3.05) is 0 Å². The maximum Gasteiger partial charge on any atom is 0.228 e. The molecule has 0 saturated carbocycles. The van der Waals surface area contributed by atoms with E-state index < -0.39 is 0 Å². The molecule has 0 fully saturated rings. The highest BCUT2D eigenvalue weighted by atomic mass is 32.1. The lowest BCUT2D eigenvalue weighted by Gasteiger charge is -2.04. The fraction of sp³-hybridized carbons (Fsp3) is 0.214. The Kier molecular flexibility index (Phi) is 2.83. The molecule has 3 rings (SSSR count). The molecular weight excluding hydrogens is 272 g/mol. The summed E-state index contributed by atoms with van der Waals surface area (Å²) in [5.74, 6) is 0.0215. The van der Waals surface area contributed by atoms with Gasteiger partial charge in [0.15, 0.2) is 4.77 Å². The highest BCUT2D eigenvalue weighted by molar-refractivity contribution is 7.71. The first-order valence-electron chi connectivity index (χ1n) is 6.25. The van der Waals surface area contributed by atoms with E-state index in [0.29, 0.717) is 4.77 Å². The number of nitrogens with zero attached hydrogens (tertiary/aromatic N) is 3. The molecule has 0 radical (unpaired) electrons. The van der Waals surface area contributed by atoms with Crippen LogP contribution >= 0.6 is 12.2 Å². The first-order chi connectivity index (χ1) is 9.50. The molecule has 0 amide bonds. The van der Waals surface area contributed by atoms with Crippen molar-refractivity contribution in [2.24, 2.45) is 0 Å². The summed E-state index contributed by atoms with van der Waals surface area (Å²) < 4.78 is 4.09. The molecule has 0 aliphatic rings. The Labute approximate surface area is 120 Å². The van der Waals surface area contributed by atoms with Crippen molar-refractivity contribution in [1.82, 2.24) is 19.3 Å². The molecule has 2 heterocycles. The largest absolute Gasteiger partial charge is 0.284 e. The standard InChI is InChI=1S/C14H14N4OS/c1-8-9(2)18(10(3)19)13-5-4-11(6-12(8)13)17-7-15-16-14(17)20/h4-7H,1-3H3,(H,16,20). The zero-order valence-electron chi connectivity index (χ0n) is 11.5. The fourth-order valence-corrected chi connectivity index (χ4v) is 2.76. The second-order valence-electron chi connectivity index (χ2n) is 4.80. The summed E-state index contributed by atoms with van der Waals surface area (Å²) in [5.41, 5.74) is 3.93. The summed E-state index contributed by atoms with van der Waals surface area (Å²) in [6.07, 6.45) is 1.65. The van der Waals surface area contributed by atoms with Crippen LogP contribution in [0.5, 0.6) is 0 Å². The molecule has 0 aliphatic carbocycles. The molecule has 1 aromatic carbocycles. The van der Waals surface area contributed by atoms with Crippen LogP contribution in [0.4, 0.5) is 0 Å². The SMILES string of the molecule is CC(=O)n1c(C)c(C)c2cc(-n3cn[nH]c3=S)ccc21. The van der Waals surface area contributed by atoms with Gasteiger partial charge < -0.3 is 0 Å². The van der Waals surface area contributed by atoms with Gasteiger partial charge in [-0.2, -0.15) is 5.10 Å². The van der Waals surface area contributed by atoms with Crippen LogP contribution in [0.1, 0.15) is 23.0 Å². The quantitative estimate of drug-likeness (QED) is 0.699. The van der Waals surface area contributed by atoms with Crippen LogP contribution in [-0.4, -0.2) is 25.2 Å². The van der Waals surface area contributed by atoms with Crippen LogP contribution in [-0.2, 0) is 0 Å². The molecule has 3 aromatic rings. The van der Waals surface area contributed by atoms with Gasteiger partial charge in [-0.1, -0.05) is 0 Å². The Morgan fingerprint density at radius 3 is 2.70 bits per heavy atom. The Morgan fingerprint density at radius 1 is 1.35 bits per heavy atom. The number of aryl methyl sites for hydroxylation is 1. The van der Waals surface area contributed by atoms with Gasteiger partial charge in [0.25, 0.3) is 0 Å². The van der Waals surface area contributed by atoms with E-state index in [2.05, 4.69) is 10.2 Å². The molecule has 20 heavy (non-hydrogen) atoms. The minimum atomic E-state index is 0.0215. The summed E-state index contributed by atoms with van der Waals surface area (Å²) >= 11 is 5.18. The van der Waals surface area contributed by atoms with Gasteiger partial charge in [0, 0.05) is 18.0 Å². The number of aromatic amines is 1. The smallest absolute Gasteiger partial charge is 0.228 e. The Balaban J connectivity index is 2.33.